The predicted molar refractivity (Wildman–Crippen MR) is 140 cm³/mol. The van der Waals surface area contributed by atoms with Crippen LogP contribution in [0.25, 0.3) is 10.6 Å². The van der Waals surface area contributed by atoms with Gasteiger partial charge in [0.05, 0.1) is 21.9 Å². The topological polar surface area (TPSA) is 81.6 Å². The van der Waals surface area contributed by atoms with Gasteiger partial charge in [-0.15, -0.1) is 0 Å². The van der Waals surface area contributed by atoms with Gasteiger partial charge in [-0.25, -0.2) is 9.97 Å². The minimum absolute atomic E-state index is 0.0153. The van der Waals surface area contributed by atoms with Gasteiger partial charge in [-0.05, 0) is 38.2 Å². The van der Waals surface area contributed by atoms with E-state index in [1.54, 1.807) is 17.8 Å². The maximum absolute atomic E-state index is 12.1. The van der Waals surface area contributed by atoms with Crippen molar-refractivity contribution in [1.29, 1.82) is 0 Å². The molecule has 0 aliphatic carbocycles. The molecule has 9 nitrogen and oxygen atoms in total. The maximum atomic E-state index is 12.1. The Morgan fingerprint density at radius 3 is 2.47 bits per heavy atom. The van der Waals surface area contributed by atoms with E-state index in [1.165, 1.54) is 22.7 Å². The third-order valence-electron chi connectivity index (χ3n) is 6.74. The van der Waals surface area contributed by atoms with E-state index in [-0.39, 0.29) is 4.87 Å². The SMILES string of the molecule is Cc1c(-c2ccnc(Nc3ccc(N4CCNCC4)cc3N3CCN(C)CC3)n2)sc(=O)n1C. The molecule has 2 aliphatic rings. The van der Waals surface area contributed by atoms with Crippen LogP contribution < -0.4 is 25.3 Å². The Hall–Kier alpha value is -2.95. The lowest BCUT2D eigenvalue weighted by atomic mass is 10.1. The van der Waals surface area contributed by atoms with Crippen molar-refractivity contribution in [3.8, 4) is 10.6 Å². The van der Waals surface area contributed by atoms with Gasteiger partial charge in [-0.3, -0.25) is 4.79 Å². The summed E-state index contributed by atoms with van der Waals surface area (Å²) in [5, 5.41) is 6.91. The molecule has 2 fully saturated rings. The van der Waals surface area contributed by atoms with Gasteiger partial charge in [-0.1, -0.05) is 11.3 Å². The molecule has 0 unspecified atom stereocenters. The maximum Gasteiger partial charge on any atom is 0.307 e. The molecular weight excluding hydrogens is 448 g/mol. The Labute approximate surface area is 204 Å². The lowest BCUT2D eigenvalue weighted by Crippen LogP contribution is -2.45. The van der Waals surface area contributed by atoms with Crippen LogP contribution in [0.1, 0.15) is 5.69 Å². The van der Waals surface area contributed by atoms with Crippen LogP contribution in [-0.4, -0.2) is 78.8 Å². The molecule has 10 heteroatoms. The molecule has 4 heterocycles. The minimum atomic E-state index is 0.0153. The minimum Gasteiger partial charge on any atom is -0.369 e. The fraction of sp³-hybridized carbons (Fsp3) is 0.458. The third-order valence-corrected chi connectivity index (χ3v) is 7.89. The first-order valence-electron chi connectivity index (χ1n) is 11.8. The largest absolute Gasteiger partial charge is 0.369 e. The summed E-state index contributed by atoms with van der Waals surface area (Å²) in [7, 11) is 3.97. The van der Waals surface area contributed by atoms with E-state index in [4.69, 9.17) is 4.98 Å². The summed E-state index contributed by atoms with van der Waals surface area (Å²) in [6.45, 7) is 10.0. The lowest BCUT2D eigenvalue weighted by Gasteiger charge is -2.36. The highest BCUT2D eigenvalue weighted by molar-refractivity contribution is 7.13. The number of thiazole rings is 1. The summed E-state index contributed by atoms with van der Waals surface area (Å²) in [5.74, 6) is 0.533. The summed E-state index contributed by atoms with van der Waals surface area (Å²) in [6, 6.07) is 8.49. The number of rotatable bonds is 5. The van der Waals surface area contributed by atoms with Crippen molar-refractivity contribution in [2.24, 2.45) is 7.05 Å². The van der Waals surface area contributed by atoms with Gasteiger partial charge in [0, 0.05) is 77.0 Å². The van der Waals surface area contributed by atoms with E-state index in [9.17, 15) is 4.79 Å². The number of piperazine rings is 2. The molecule has 180 valence electrons. The predicted octanol–water partition coefficient (Wildman–Crippen LogP) is 2.12. The molecule has 0 spiro atoms. The lowest BCUT2D eigenvalue weighted by molar-refractivity contribution is 0.313. The molecule has 2 saturated heterocycles. The molecule has 0 atom stereocenters. The van der Waals surface area contributed by atoms with Gasteiger partial charge >= 0.3 is 4.87 Å². The van der Waals surface area contributed by atoms with Crippen LogP contribution >= 0.6 is 11.3 Å². The summed E-state index contributed by atoms with van der Waals surface area (Å²) in [4.78, 5) is 29.5. The number of hydrogen-bond donors (Lipinski definition) is 2. The summed E-state index contributed by atoms with van der Waals surface area (Å²) in [6.07, 6.45) is 1.75. The van der Waals surface area contributed by atoms with E-state index in [1.807, 2.05) is 13.0 Å². The van der Waals surface area contributed by atoms with Gasteiger partial charge < -0.3 is 29.9 Å². The molecule has 1 aromatic carbocycles. The van der Waals surface area contributed by atoms with Crippen molar-refractivity contribution in [2.75, 3.05) is 74.5 Å². The fourth-order valence-corrected chi connectivity index (χ4v) is 5.43. The smallest absolute Gasteiger partial charge is 0.307 e. The molecule has 0 amide bonds. The van der Waals surface area contributed by atoms with Gasteiger partial charge in [0.15, 0.2) is 0 Å². The second-order valence-electron chi connectivity index (χ2n) is 8.96. The van der Waals surface area contributed by atoms with Crippen LogP contribution in [-0.2, 0) is 7.05 Å². The van der Waals surface area contributed by atoms with Crippen molar-refractivity contribution < 1.29 is 0 Å². The van der Waals surface area contributed by atoms with Crippen LogP contribution in [0.3, 0.4) is 0 Å². The number of likely N-dealkylation sites (N-methyl/N-ethyl adjacent to an activating group) is 1. The van der Waals surface area contributed by atoms with Crippen LogP contribution in [0.5, 0.6) is 0 Å². The average molecular weight is 481 g/mol. The molecule has 34 heavy (non-hydrogen) atoms. The van der Waals surface area contributed by atoms with Crippen molar-refractivity contribution in [3.63, 3.8) is 0 Å². The van der Waals surface area contributed by atoms with Gasteiger partial charge in [0.25, 0.3) is 0 Å². The Bertz CT molecular complexity index is 1210. The first kappa shape index (κ1) is 22.8. The Morgan fingerprint density at radius 2 is 1.76 bits per heavy atom. The quantitative estimate of drug-likeness (QED) is 0.575. The number of hydrogen-bond acceptors (Lipinski definition) is 9. The number of aromatic nitrogens is 3. The van der Waals surface area contributed by atoms with Gasteiger partial charge in [-0.2, -0.15) is 0 Å². The molecular formula is C24H32N8OS. The number of nitrogens with zero attached hydrogens (tertiary/aromatic N) is 6. The van der Waals surface area contributed by atoms with Gasteiger partial charge in [0.2, 0.25) is 5.95 Å². The van der Waals surface area contributed by atoms with Crippen LogP contribution in [0.4, 0.5) is 23.0 Å². The molecule has 0 saturated carbocycles. The third kappa shape index (κ3) is 4.66. The standard InChI is InChI=1S/C24H32N8OS/c1-17-22(34-24(33)30(17)3)20-6-7-26-23(28-20)27-19-5-4-18(31-10-8-25-9-11-31)16-21(19)32-14-12-29(2)13-15-32/h4-7,16,25H,8-15H2,1-3H3,(H,26,27,28). The molecule has 3 aromatic rings. The van der Waals surface area contributed by atoms with Crippen LogP contribution in [0, 0.1) is 6.92 Å². The van der Waals surface area contributed by atoms with E-state index < -0.39 is 0 Å². The number of anilines is 4. The zero-order valence-corrected chi connectivity index (χ0v) is 20.9. The fourth-order valence-electron chi connectivity index (χ4n) is 4.48. The van der Waals surface area contributed by atoms with Gasteiger partial charge in [0.1, 0.15) is 0 Å². The molecule has 2 N–H and O–H groups in total. The molecule has 2 aliphatic heterocycles. The summed E-state index contributed by atoms with van der Waals surface area (Å²) >= 11 is 1.22. The monoisotopic (exact) mass is 480 g/mol. The van der Waals surface area contributed by atoms with E-state index in [0.717, 1.165) is 74.3 Å². The highest BCUT2D eigenvalue weighted by Crippen LogP contribution is 2.34. The number of nitrogens with one attached hydrogen (secondary N) is 2. The van der Waals surface area contributed by atoms with Crippen LogP contribution in [0.2, 0.25) is 0 Å². The van der Waals surface area contributed by atoms with Crippen molar-refractivity contribution in [2.45, 2.75) is 6.92 Å². The summed E-state index contributed by atoms with van der Waals surface area (Å²) < 4.78 is 1.66. The first-order chi connectivity index (χ1) is 16.5. The first-order valence-corrected chi connectivity index (χ1v) is 12.6. The summed E-state index contributed by atoms with van der Waals surface area (Å²) in [5.41, 5.74) is 5.10. The Morgan fingerprint density at radius 1 is 1.00 bits per heavy atom. The highest BCUT2D eigenvalue weighted by Gasteiger charge is 2.20. The van der Waals surface area contributed by atoms with Crippen molar-refractivity contribution in [1.82, 2.24) is 24.8 Å². The van der Waals surface area contributed by atoms with E-state index >= 15 is 0 Å². The molecule has 0 bridgehead atoms. The molecule has 2 aromatic heterocycles. The van der Waals surface area contributed by atoms with E-state index in [0.29, 0.717) is 5.95 Å². The molecule has 0 radical (unpaired) electrons. The van der Waals surface area contributed by atoms with Crippen LogP contribution in [0.15, 0.2) is 35.3 Å². The normalized spacial score (nSPS) is 17.3. The van der Waals surface area contributed by atoms with Crippen molar-refractivity contribution in [3.05, 3.63) is 45.8 Å². The Kier molecular flexibility index (Phi) is 6.53. The van der Waals surface area contributed by atoms with Crippen molar-refractivity contribution >= 4 is 34.3 Å². The average Bonchev–Trinajstić information content (AvgIpc) is 3.13. The highest BCUT2D eigenvalue weighted by atomic mass is 32.1. The Balaban J connectivity index is 1.47. The molecule has 5 rings (SSSR count). The van der Waals surface area contributed by atoms with E-state index in [2.05, 4.69) is 55.6 Å². The number of benzene rings is 1. The second kappa shape index (κ2) is 9.73. The zero-order chi connectivity index (χ0) is 23.7. The second-order valence-corrected chi connectivity index (χ2v) is 9.92. The zero-order valence-electron chi connectivity index (χ0n) is 20.0.